The van der Waals surface area contributed by atoms with Crippen LogP contribution in [0.5, 0.6) is 0 Å². The molecule has 2 aliphatic heterocycles. The van der Waals surface area contributed by atoms with E-state index >= 15 is 0 Å². The van der Waals surface area contributed by atoms with Crippen molar-refractivity contribution in [2.75, 3.05) is 19.6 Å². The first-order chi connectivity index (χ1) is 19.2. The Balaban J connectivity index is 1.36. The van der Waals surface area contributed by atoms with Crippen LogP contribution in [0.3, 0.4) is 0 Å². The number of guanidine groups is 1. The van der Waals surface area contributed by atoms with Crippen LogP contribution in [-0.4, -0.2) is 82.0 Å². The van der Waals surface area contributed by atoms with Crippen LogP contribution < -0.4 is 16.8 Å². The van der Waals surface area contributed by atoms with E-state index in [0.717, 1.165) is 5.56 Å². The van der Waals surface area contributed by atoms with Gasteiger partial charge in [0, 0.05) is 24.7 Å². The van der Waals surface area contributed by atoms with Crippen molar-refractivity contribution in [1.82, 2.24) is 20.1 Å². The minimum atomic E-state index is -0.861. The Morgan fingerprint density at radius 3 is 2.67 bits per heavy atom. The van der Waals surface area contributed by atoms with E-state index in [-0.39, 0.29) is 41.5 Å². The van der Waals surface area contributed by atoms with Gasteiger partial charge in [0.05, 0.1) is 22.6 Å². The molecule has 2 saturated heterocycles. The van der Waals surface area contributed by atoms with Crippen LogP contribution in [0, 0.1) is 0 Å². The maximum atomic E-state index is 13.4. The zero-order valence-corrected chi connectivity index (χ0v) is 24.1. The number of hydrogen-bond donors (Lipinski definition) is 3. The SMILES string of the molecule is NC(N)=NCCCC(NC(=O)[C@@H]1CC[C@H]2C(=O)N(CCCc3ccc(Cl)c(Cl)c3)CC(=O)N12)C(=O)c1nccs1. The highest BCUT2D eigenvalue weighted by Gasteiger charge is 2.49. The summed E-state index contributed by atoms with van der Waals surface area (Å²) in [7, 11) is 0. The Kier molecular flexibility index (Phi) is 9.99. The Hall–Kier alpha value is -3.22. The van der Waals surface area contributed by atoms with E-state index in [4.69, 9.17) is 34.7 Å². The number of amides is 3. The summed E-state index contributed by atoms with van der Waals surface area (Å²) >= 11 is 13.2. The third-order valence-electron chi connectivity index (χ3n) is 7.00. The van der Waals surface area contributed by atoms with Crippen molar-refractivity contribution in [2.45, 2.75) is 56.7 Å². The number of carbonyl (C=O) groups excluding carboxylic acids is 4. The van der Waals surface area contributed by atoms with Gasteiger partial charge in [0.1, 0.15) is 12.1 Å². The molecule has 1 unspecified atom stereocenters. The molecule has 0 aliphatic carbocycles. The van der Waals surface area contributed by atoms with Crippen molar-refractivity contribution in [3.05, 3.63) is 50.4 Å². The number of aromatic nitrogens is 1. The van der Waals surface area contributed by atoms with Crippen molar-refractivity contribution in [3.8, 4) is 0 Å². The lowest BCUT2D eigenvalue weighted by molar-refractivity contribution is -0.157. The first kappa shape index (κ1) is 29.8. The quantitative estimate of drug-likeness (QED) is 0.144. The van der Waals surface area contributed by atoms with E-state index < -0.39 is 24.0 Å². The molecule has 214 valence electrons. The summed E-state index contributed by atoms with van der Waals surface area (Å²) in [6.45, 7) is 0.609. The fourth-order valence-electron chi connectivity index (χ4n) is 5.09. The van der Waals surface area contributed by atoms with E-state index in [9.17, 15) is 19.2 Å². The monoisotopic (exact) mass is 607 g/mol. The van der Waals surface area contributed by atoms with E-state index in [0.29, 0.717) is 55.2 Å². The fraction of sp³-hybridized carbons (Fsp3) is 0.462. The maximum Gasteiger partial charge on any atom is 0.245 e. The van der Waals surface area contributed by atoms with Crippen molar-refractivity contribution >= 4 is 64.0 Å². The second kappa shape index (κ2) is 13.4. The van der Waals surface area contributed by atoms with Gasteiger partial charge < -0.3 is 26.6 Å². The van der Waals surface area contributed by atoms with Gasteiger partial charge in [0.2, 0.25) is 23.5 Å². The minimum absolute atomic E-state index is 0.0551. The fourth-order valence-corrected chi connectivity index (χ4v) is 6.04. The van der Waals surface area contributed by atoms with E-state index in [1.165, 1.54) is 22.4 Å². The van der Waals surface area contributed by atoms with Gasteiger partial charge in [-0.2, -0.15) is 0 Å². The number of hydrogen-bond acceptors (Lipinski definition) is 7. The van der Waals surface area contributed by atoms with E-state index in [1.807, 2.05) is 6.07 Å². The van der Waals surface area contributed by atoms with Gasteiger partial charge in [-0.05, 0) is 56.2 Å². The number of aliphatic imine (C=N–C) groups is 1. The molecule has 4 rings (SSSR count). The van der Waals surface area contributed by atoms with Crippen LogP contribution in [0.2, 0.25) is 10.0 Å². The summed E-state index contributed by atoms with van der Waals surface area (Å²) in [6, 6.07) is 3.02. The Labute approximate surface area is 245 Å². The Morgan fingerprint density at radius 2 is 1.98 bits per heavy atom. The Bertz CT molecular complexity index is 1290. The molecule has 3 amide bonds. The number of thiazole rings is 1. The normalized spacial score (nSPS) is 19.4. The topological polar surface area (TPSA) is 164 Å². The number of Topliss-reactive ketones (excluding diaryl/α,β-unsaturated/α-hetero) is 1. The lowest BCUT2D eigenvalue weighted by Crippen LogP contribution is -2.62. The number of nitrogens with zero attached hydrogens (tertiary/aromatic N) is 4. The minimum Gasteiger partial charge on any atom is -0.370 e. The van der Waals surface area contributed by atoms with Crippen LogP contribution >= 0.6 is 34.5 Å². The second-order valence-electron chi connectivity index (χ2n) is 9.73. The first-order valence-electron chi connectivity index (χ1n) is 13.0. The summed E-state index contributed by atoms with van der Waals surface area (Å²) in [5.41, 5.74) is 11.7. The van der Waals surface area contributed by atoms with Gasteiger partial charge in [-0.1, -0.05) is 29.3 Å². The summed E-state index contributed by atoms with van der Waals surface area (Å²) in [4.78, 5) is 63.7. The largest absolute Gasteiger partial charge is 0.370 e. The average Bonchev–Trinajstić information content (AvgIpc) is 3.61. The predicted octanol–water partition coefficient (Wildman–Crippen LogP) is 2.01. The summed E-state index contributed by atoms with van der Waals surface area (Å²) in [5, 5.41) is 5.71. The molecule has 1 aromatic carbocycles. The van der Waals surface area contributed by atoms with Gasteiger partial charge >= 0.3 is 0 Å². The maximum absolute atomic E-state index is 13.4. The third-order valence-corrected chi connectivity index (χ3v) is 8.52. The summed E-state index contributed by atoms with van der Waals surface area (Å²) < 4.78 is 0. The molecule has 11 nitrogen and oxygen atoms in total. The molecule has 0 bridgehead atoms. The number of rotatable bonds is 12. The highest BCUT2D eigenvalue weighted by Crippen LogP contribution is 2.30. The predicted molar refractivity (Wildman–Crippen MR) is 153 cm³/mol. The van der Waals surface area contributed by atoms with Gasteiger partial charge in [0.15, 0.2) is 11.0 Å². The first-order valence-corrected chi connectivity index (χ1v) is 14.6. The van der Waals surface area contributed by atoms with Gasteiger partial charge in [0.25, 0.3) is 0 Å². The molecule has 40 heavy (non-hydrogen) atoms. The van der Waals surface area contributed by atoms with Crippen LogP contribution in [0.25, 0.3) is 0 Å². The highest BCUT2D eigenvalue weighted by atomic mass is 35.5. The summed E-state index contributed by atoms with van der Waals surface area (Å²) in [6.07, 6.45) is 4.28. The smallest absolute Gasteiger partial charge is 0.245 e. The molecule has 1 aromatic heterocycles. The number of nitrogens with two attached hydrogens (primary N) is 2. The molecule has 14 heteroatoms. The molecule has 5 N–H and O–H groups in total. The van der Waals surface area contributed by atoms with Crippen molar-refractivity contribution in [1.29, 1.82) is 0 Å². The molecule has 0 spiro atoms. The number of carbonyl (C=O) groups is 4. The van der Waals surface area contributed by atoms with Crippen LogP contribution in [0.1, 0.15) is 47.5 Å². The third kappa shape index (κ3) is 7.10. The lowest BCUT2D eigenvalue weighted by atomic mass is 10.1. The molecule has 2 fully saturated rings. The van der Waals surface area contributed by atoms with E-state index in [1.54, 1.807) is 22.4 Å². The standard InChI is InChI=1S/C26H31Cl2N7O4S/c27-16-6-5-15(13-17(16)28)3-2-11-34-14-21(36)35-19(7-8-20(35)25(34)39)23(38)33-18(4-1-9-32-26(29)30)22(37)24-31-10-12-40-24/h5-6,10,12-13,18-20H,1-4,7-9,11,14H2,(H,33,38)(H4,29,30,32)/t18?,19-,20-/m0/s1. The molecular formula is C26H31Cl2N7O4S. The van der Waals surface area contributed by atoms with Gasteiger partial charge in [-0.25, -0.2) is 4.98 Å². The molecule has 0 radical (unpaired) electrons. The van der Waals surface area contributed by atoms with Crippen molar-refractivity contribution in [3.63, 3.8) is 0 Å². The number of ketones is 1. The van der Waals surface area contributed by atoms with Gasteiger partial charge in [-0.3, -0.25) is 24.2 Å². The number of halogens is 2. The Morgan fingerprint density at radius 1 is 1.18 bits per heavy atom. The number of fused-ring (bicyclic) bond motifs is 1. The van der Waals surface area contributed by atoms with E-state index in [2.05, 4.69) is 15.3 Å². The zero-order chi connectivity index (χ0) is 28.8. The molecule has 2 aromatic rings. The number of nitrogens with one attached hydrogen (secondary N) is 1. The van der Waals surface area contributed by atoms with Crippen molar-refractivity contribution in [2.24, 2.45) is 16.5 Å². The van der Waals surface area contributed by atoms with Crippen LogP contribution in [-0.2, 0) is 20.8 Å². The molecule has 3 heterocycles. The van der Waals surface area contributed by atoms with Crippen molar-refractivity contribution < 1.29 is 19.2 Å². The van der Waals surface area contributed by atoms with Crippen LogP contribution in [0.4, 0.5) is 0 Å². The molecule has 3 atom stereocenters. The van der Waals surface area contributed by atoms with Gasteiger partial charge in [-0.15, -0.1) is 11.3 Å². The number of benzene rings is 1. The average molecular weight is 609 g/mol. The highest BCUT2D eigenvalue weighted by molar-refractivity contribution is 7.11. The number of piperazine rings is 1. The van der Waals surface area contributed by atoms with Crippen LogP contribution in [0.15, 0.2) is 34.8 Å². The molecule has 2 aliphatic rings. The lowest BCUT2D eigenvalue weighted by Gasteiger charge is -2.38. The molecular weight excluding hydrogens is 577 g/mol. The summed E-state index contributed by atoms with van der Waals surface area (Å²) in [5.74, 6) is -1.30. The molecule has 0 saturated carbocycles. The number of aryl methyl sites for hydroxylation is 1. The zero-order valence-electron chi connectivity index (χ0n) is 21.7. The second-order valence-corrected chi connectivity index (χ2v) is 11.4.